The van der Waals surface area contributed by atoms with Gasteiger partial charge in [-0.1, -0.05) is 42.5 Å². The topological polar surface area (TPSA) is 17.0 Å². The highest BCUT2D eigenvalue weighted by atomic mass is 16.5. The Morgan fingerprint density at radius 2 is 1.47 bits per heavy atom. The second-order valence-electron chi connectivity index (χ2n) is 5.77. The van der Waals surface area contributed by atoms with E-state index in [1.165, 1.54) is 0 Å². The maximum absolute atomic E-state index is 6.13. The van der Waals surface area contributed by atoms with Gasteiger partial charge in [0.15, 0.2) is 0 Å². The molecule has 19 heavy (non-hydrogen) atoms. The molecule has 2 aromatic carbocycles. The molecule has 0 bridgehead atoms. The number of rotatable bonds is 1. The fourth-order valence-corrected chi connectivity index (χ4v) is 2.33. The van der Waals surface area contributed by atoms with Gasteiger partial charge in [-0.15, -0.1) is 0 Å². The number of para-hydroxylation sites is 1. The summed E-state index contributed by atoms with van der Waals surface area (Å²) in [7, 11) is 0. The minimum absolute atomic E-state index is 0.0768. The molecule has 1 heterocycles. The zero-order valence-electron chi connectivity index (χ0n) is 11.6. The van der Waals surface area contributed by atoms with Crippen molar-refractivity contribution in [2.75, 3.05) is 0 Å². The Kier molecular flexibility index (Phi) is 2.67. The van der Waals surface area contributed by atoms with Crippen molar-refractivity contribution in [3.05, 3.63) is 54.6 Å². The van der Waals surface area contributed by atoms with Crippen LogP contribution in [0.1, 0.15) is 20.8 Å². The van der Waals surface area contributed by atoms with E-state index in [1.54, 1.807) is 0 Å². The Morgan fingerprint density at radius 1 is 0.842 bits per heavy atom. The van der Waals surface area contributed by atoms with Crippen LogP contribution in [-0.4, -0.2) is 0 Å². The van der Waals surface area contributed by atoms with Crippen LogP contribution in [0.5, 0.6) is 0 Å². The first-order chi connectivity index (χ1) is 9.07. The second-order valence-corrected chi connectivity index (χ2v) is 5.77. The summed E-state index contributed by atoms with van der Waals surface area (Å²) in [5.41, 5.74) is 2.17. The fourth-order valence-electron chi connectivity index (χ4n) is 2.33. The Labute approximate surface area is 113 Å². The Hall–Kier alpha value is -2.09. The molecule has 0 radical (unpaired) electrons. The van der Waals surface area contributed by atoms with Gasteiger partial charge in [-0.2, -0.15) is 0 Å². The Balaban J connectivity index is 2.33. The maximum Gasteiger partial charge on any atom is 0.263 e. The number of benzene rings is 2. The van der Waals surface area contributed by atoms with Crippen LogP contribution in [-0.2, 0) is 5.54 Å². The highest BCUT2D eigenvalue weighted by Crippen LogP contribution is 2.28. The zero-order chi connectivity index (χ0) is 13.5. The summed E-state index contributed by atoms with van der Waals surface area (Å²) in [6.45, 7) is 6.45. The minimum Gasteiger partial charge on any atom is -0.234 e. The van der Waals surface area contributed by atoms with Crippen LogP contribution >= 0.6 is 0 Å². The van der Waals surface area contributed by atoms with E-state index in [0.717, 1.165) is 22.2 Å². The van der Waals surface area contributed by atoms with Crippen molar-refractivity contribution < 1.29 is 9.26 Å². The Bertz CT molecular complexity index is 705. The van der Waals surface area contributed by atoms with Gasteiger partial charge in [0.1, 0.15) is 5.39 Å². The number of aromatic nitrogens is 1. The van der Waals surface area contributed by atoms with Crippen LogP contribution in [0.15, 0.2) is 59.1 Å². The highest BCUT2D eigenvalue weighted by molar-refractivity contribution is 5.89. The quantitative estimate of drug-likeness (QED) is 0.595. The molecule has 2 nitrogen and oxygen atoms in total. The lowest BCUT2D eigenvalue weighted by Crippen LogP contribution is -2.48. The maximum atomic E-state index is 6.13. The van der Waals surface area contributed by atoms with E-state index in [0.29, 0.717) is 0 Å². The average molecular weight is 252 g/mol. The number of hydrogen-bond donors (Lipinski definition) is 0. The number of fused-ring (bicyclic) bond motifs is 1. The van der Waals surface area contributed by atoms with E-state index < -0.39 is 0 Å². The van der Waals surface area contributed by atoms with Gasteiger partial charge in [0.2, 0.25) is 11.3 Å². The molecular weight excluding hydrogens is 234 g/mol. The van der Waals surface area contributed by atoms with Gasteiger partial charge >= 0.3 is 0 Å². The summed E-state index contributed by atoms with van der Waals surface area (Å²) in [4.78, 5) is 0. The predicted molar refractivity (Wildman–Crippen MR) is 76.8 cm³/mol. The molecular formula is C17H18NO+. The van der Waals surface area contributed by atoms with Crippen molar-refractivity contribution in [2.24, 2.45) is 0 Å². The van der Waals surface area contributed by atoms with Crippen LogP contribution in [0.25, 0.3) is 22.2 Å². The van der Waals surface area contributed by atoms with Crippen molar-refractivity contribution in [3.63, 3.8) is 0 Å². The fraction of sp³-hybridized carbons (Fsp3) is 0.235. The van der Waals surface area contributed by atoms with E-state index in [9.17, 15) is 0 Å². The largest absolute Gasteiger partial charge is 0.263 e. The van der Waals surface area contributed by atoms with E-state index in [4.69, 9.17) is 4.52 Å². The van der Waals surface area contributed by atoms with Gasteiger partial charge in [0, 0.05) is 32.4 Å². The molecule has 0 N–H and O–H groups in total. The van der Waals surface area contributed by atoms with E-state index in [2.05, 4.69) is 57.2 Å². The van der Waals surface area contributed by atoms with Crippen LogP contribution in [0.2, 0.25) is 0 Å². The smallest absolute Gasteiger partial charge is 0.234 e. The van der Waals surface area contributed by atoms with E-state index in [1.807, 2.05) is 22.9 Å². The van der Waals surface area contributed by atoms with E-state index >= 15 is 0 Å². The van der Waals surface area contributed by atoms with Crippen LogP contribution in [0, 0.1) is 0 Å². The number of hydrogen-bond acceptors (Lipinski definition) is 1. The van der Waals surface area contributed by atoms with Crippen LogP contribution in [0.3, 0.4) is 0 Å². The van der Waals surface area contributed by atoms with E-state index in [-0.39, 0.29) is 5.54 Å². The first kappa shape index (κ1) is 12.0. The lowest BCUT2D eigenvalue weighted by atomic mass is 10.1. The number of nitrogens with zero attached hydrogens (tertiary/aromatic N) is 1. The van der Waals surface area contributed by atoms with Crippen molar-refractivity contribution in [3.8, 4) is 11.3 Å². The molecule has 0 aliphatic heterocycles. The third kappa shape index (κ3) is 2.03. The lowest BCUT2D eigenvalue weighted by Gasteiger charge is -2.06. The standard InChI is InChI=1S/C17H18NO/c1-17(2,3)18-15-12-8-7-11-14(15)16(19-18)13-9-5-4-6-10-13/h4-12H,1-3H3/q+1. The van der Waals surface area contributed by atoms with Gasteiger partial charge in [0.25, 0.3) is 5.52 Å². The molecule has 1 aromatic heterocycles. The summed E-state index contributed by atoms with van der Waals surface area (Å²) < 4.78 is 8.12. The van der Waals surface area contributed by atoms with Crippen LogP contribution < -0.4 is 4.74 Å². The summed E-state index contributed by atoms with van der Waals surface area (Å²) in [6.07, 6.45) is 0. The Morgan fingerprint density at radius 3 is 2.16 bits per heavy atom. The minimum atomic E-state index is -0.0768. The third-order valence-electron chi connectivity index (χ3n) is 3.20. The highest BCUT2D eigenvalue weighted by Gasteiger charge is 2.32. The molecule has 0 unspecified atom stereocenters. The molecule has 0 saturated heterocycles. The van der Waals surface area contributed by atoms with Gasteiger partial charge in [-0.05, 0) is 10.8 Å². The first-order valence-electron chi connectivity index (χ1n) is 6.57. The average Bonchev–Trinajstić information content (AvgIpc) is 2.79. The summed E-state index contributed by atoms with van der Waals surface area (Å²) in [5.74, 6) is 0.936. The zero-order valence-corrected chi connectivity index (χ0v) is 11.6. The molecule has 2 heteroatoms. The summed E-state index contributed by atoms with van der Waals surface area (Å²) in [5, 5.41) is 1.16. The first-order valence-corrected chi connectivity index (χ1v) is 6.57. The van der Waals surface area contributed by atoms with Crippen molar-refractivity contribution in [2.45, 2.75) is 26.3 Å². The molecule has 0 fully saturated rings. The lowest BCUT2D eigenvalue weighted by molar-refractivity contribution is -0.886. The normalized spacial score (nSPS) is 11.9. The predicted octanol–water partition coefficient (Wildman–Crippen LogP) is 4.14. The van der Waals surface area contributed by atoms with Gasteiger partial charge < -0.3 is 0 Å². The molecule has 3 aromatic rings. The third-order valence-corrected chi connectivity index (χ3v) is 3.20. The van der Waals surface area contributed by atoms with Gasteiger partial charge in [-0.3, -0.25) is 0 Å². The van der Waals surface area contributed by atoms with Crippen molar-refractivity contribution in [1.29, 1.82) is 0 Å². The molecule has 0 saturated carbocycles. The molecule has 0 amide bonds. The van der Waals surface area contributed by atoms with Crippen molar-refractivity contribution >= 4 is 10.9 Å². The molecule has 0 atom stereocenters. The summed E-state index contributed by atoms with van der Waals surface area (Å²) in [6, 6.07) is 18.6. The second kappa shape index (κ2) is 4.23. The molecule has 0 aliphatic carbocycles. The molecule has 0 aliphatic rings. The SMILES string of the molecule is CC(C)(C)[n+]1oc(-c2ccccc2)c2ccccc21. The molecule has 3 rings (SSSR count). The van der Waals surface area contributed by atoms with Gasteiger partial charge in [-0.25, -0.2) is 4.52 Å². The monoisotopic (exact) mass is 252 g/mol. The van der Waals surface area contributed by atoms with Gasteiger partial charge in [0.05, 0.1) is 0 Å². The molecule has 0 spiro atoms. The van der Waals surface area contributed by atoms with Crippen LogP contribution in [0.4, 0.5) is 0 Å². The van der Waals surface area contributed by atoms with Crippen molar-refractivity contribution in [1.82, 2.24) is 0 Å². The summed E-state index contributed by atoms with van der Waals surface area (Å²) >= 11 is 0. The molecule has 96 valence electrons.